The number of ether oxygens (including phenoxy) is 1. The average molecular weight is 415 g/mol. The minimum absolute atomic E-state index is 0.00211. The number of rotatable bonds is 5. The number of hydrogen-bond acceptors (Lipinski definition) is 5. The number of carbonyl (C=O) groups is 1. The number of sulfone groups is 1. The van der Waals surface area contributed by atoms with Gasteiger partial charge in [-0.1, -0.05) is 23.3 Å². The topological polar surface area (TPSA) is 105 Å². The van der Waals surface area contributed by atoms with Crippen molar-refractivity contribution in [2.45, 2.75) is 54.9 Å². The molecule has 1 aromatic carbocycles. The highest BCUT2D eigenvalue weighted by molar-refractivity contribution is 7.92. The molecule has 7 nitrogen and oxygen atoms in total. The number of amides is 2. The van der Waals surface area contributed by atoms with Gasteiger partial charge in [0.15, 0.2) is 15.6 Å². The van der Waals surface area contributed by atoms with E-state index in [0.717, 1.165) is 18.4 Å². The molecule has 2 aliphatic rings. The highest BCUT2D eigenvalue weighted by Crippen LogP contribution is 2.42. The zero-order chi connectivity index (χ0) is 19.8. The molecule has 0 aromatic heterocycles. The van der Waals surface area contributed by atoms with Gasteiger partial charge < -0.3 is 20.5 Å². The number of nitrogens with one attached hydrogen (secondary N) is 2. The number of aromatic hydroxyl groups is 1. The Morgan fingerprint density at radius 2 is 2.04 bits per heavy atom. The van der Waals surface area contributed by atoms with Crippen LogP contribution in [0.3, 0.4) is 0 Å². The molecule has 148 valence electrons. The fraction of sp³-hybridized carbons (Fsp3) is 0.500. The second-order valence-electron chi connectivity index (χ2n) is 6.95. The SMILES string of the molecule is CO[C@H]1C[C@@H](S(=O)(=O)c2c(Cl)ccc(NC(=O)NC3CCC=C3C)c2O)C1. The van der Waals surface area contributed by atoms with E-state index in [9.17, 15) is 18.3 Å². The molecule has 2 aliphatic carbocycles. The maximum atomic E-state index is 12.8. The standard InChI is InChI=1S/C18H23ClN2O5S/c1-10-4-3-5-14(10)20-18(23)21-15-7-6-13(19)17(16(15)22)27(24,25)12-8-11(9-12)26-2/h4,6-7,11-12,14,22H,3,5,8-9H2,1-2H3,(H2,20,21,23)/t11-,12+,14?. The molecule has 3 N–H and O–H groups in total. The van der Waals surface area contributed by atoms with E-state index in [1.54, 1.807) is 0 Å². The van der Waals surface area contributed by atoms with Gasteiger partial charge in [-0.2, -0.15) is 0 Å². The number of anilines is 1. The molecule has 1 fully saturated rings. The molecule has 0 radical (unpaired) electrons. The van der Waals surface area contributed by atoms with E-state index < -0.39 is 26.9 Å². The van der Waals surface area contributed by atoms with Gasteiger partial charge in [0, 0.05) is 7.11 Å². The van der Waals surface area contributed by atoms with Gasteiger partial charge in [-0.3, -0.25) is 0 Å². The van der Waals surface area contributed by atoms with Crippen molar-refractivity contribution in [3.8, 4) is 5.75 Å². The zero-order valence-electron chi connectivity index (χ0n) is 15.2. The summed E-state index contributed by atoms with van der Waals surface area (Å²) in [6, 6.07) is 2.16. The molecule has 2 amide bonds. The Morgan fingerprint density at radius 1 is 1.33 bits per heavy atom. The van der Waals surface area contributed by atoms with Gasteiger partial charge >= 0.3 is 6.03 Å². The molecule has 1 aromatic rings. The lowest BCUT2D eigenvalue weighted by Crippen LogP contribution is -2.40. The van der Waals surface area contributed by atoms with E-state index in [1.807, 2.05) is 6.92 Å². The second-order valence-corrected chi connectivity index (χ2v) is 9.52. The first-order valence-electron chi connectivity index (χ1n) is 8.76. The van der Waals surface area contributed by atoms with Gasteiger partial charge in [0.1, 0.15) is 4.90 Å². The smallest absolute Gasteiger partial charge is 0.319 e. The number of hydrogen-bond donors (Lipinski definition) is 3. The summed E-state index contributed by atoms with van der Waals surface area (Å²) >= 11 is 6.07. The van der Waals surface area contributed by atoms with Crippen molar-refractivity contribution in [3.05, 3.63) is 28.8 Å². The molecule has 0 spiro atoms. The van der Waals surface area contributed by atoms with E-state index in [2.05, 4.69) is 16.7 Å². The molecule has 3 rings (SSSR count). The molecular weight excluding hydrogens is 392 g/mol. The van der Waals surface area contributed by atoms with E-state index in [1.165, 1.54) is 19.2 Å². The lowest BCUT2D eigenvalue weighted by atomic mass is 9.95. The van der Waals surface area contributed by atoms with Crippen LogP contribution in [0.1, 0.15) is 32.6 Å². The number of carbonyl (C=O) groups excluding carboxylic acids is 1. The van der Waals surface area contributed by atoms with Crippen LogP contribution >= 0.6 is 11.6 Å². The Hall–Kier alpha value is -1.77. The third-order valence-corrected chi connectivity index (χ3v) is 7.89. The molecule has 1 unspecified atom stereocenters. The largest absolute Gasteiger partial charge is 0.504 e. The Morgan fingerprint density at radius 3 is 2.63 bits per heavy atom. The van der Waals surface area contributed by atoms with Crippen molar-refractivity contribution < 1.29 is 23.1 Å². The van der Waals surface area contributed by atoms with Crippen molar-refractivity contribution in [3.63, 3.8) is 0 Å². The number of urea groups is 1. The molecule has 1 atom stereocenters. The van der Waals surface area contributed by atoms with Crippen LogP contribution in [0.5, 0.6) is 5.75 Å². The summed E-state index contributed by atoms with van der Waals surface area (Å²) in [4.78, 5) is 11.9. The fourth-order valence-corrected chi connectivity index (χ4v) is 5.86. The number of halogens is 1. The van der Waals surface area contributed by atoms with E-state index in [-0.39, 0.29) is 27.8 Å². The third-order valence-electron chi connectivity index (χ3n) is 5.22. The van der Waals surface area contributed by atoms with Crippen LogP contribution in [-0.2, 0) is 14.6 Å². The first kappa shape index (κ1) is 20.0. The Labute approximate surface area is 163 Å². The molecule has 9 heteroatoms. The van der Waals surface area contributed by atoms with Crippen LogP contribution in [0.2, 0.25) is 5.02 Å². The maximum absolute atomic E-state index is 12.8. The minimum Gasteiger partial charge on any atom is -0.504 e. The molecule has 1 saturated carbocycles. The van der Waals surface area contributed by atoms with Crippen LogP contribution in [0.4, 0.5) is 10.5 Å². The summed E-state index contributed by atoms with van der Waals surface area (Å²) in [6.45, 7) is 1.94. The summed E-state index contributed by atoms with van der Waals surface area (Å²) < 4.78 is 30.8. The predicted molar refractivity (Wildman–Crippen MR) is 103 cm³/mol. The Kier molecular flexibility index (Phi) is 5.69. The molecule has 0 heterocycles. The monoisotopic (exact) mass is 414 g/mol. The Bertz CT molecular complexity index is 878. The molecule has 0 aliphatic heterocycles. The van der Waals surface area contributed by atoms with Crippen molar-refractivity contribution in [2.75, 3.05) is 12.4 Å². The second kappa shape index (κ2) is 7.69. The summed E-state index contributed by atoms with van der Waals surface area (Å²) in [5.74, 6) is -0.544. The zero-order valence-corrected chi connectivity index (χ0v) is 16.7. The van der Waals surface area contributed by atoms with Gasteiger partial charge in [-0.15, -0.1) is 0 Å². The highest BCUT2D eigenvalue weighted by Gasteiger charge is 2.42. The molecular formula is C18H23ClN2O5S. The quantitative estimate of drug-likeness (QED) is 0.506. The Balaban J connectivity index is 1.79. The van der Waals surface area contributed by atoms with Crippen molar-refractivity contribution in [2.24, 2.45) is 0 Å². The van der Waals surface area contributed by atoms with E-state index in [0.29, 0.717) is 12.8 Å². The predicted octanol–water partition coefficient (Wildman–Crippen LogP) is 3.23. The van der Waals surface area contributed by atoms with Gasteiger partial charge in [0.05, 0.1) is 28.1 Å². The molecule has 0 saturated heterocycles. The van der Waals surface area contributed by atoms with Crippen molar-refractivity contribution in [1.82, 2.24) is 5.32 Å². The third kappa shape index (κ3) is 3.93. The maximum Gasteiger partial charge on any atom is 0.319 e. The van der Waals surface area contributed by atoms with Crippen LogP contribution < -0.4 is 10.6 Å². The van der Waals surface area contributed by atoms with Crippen molar-refractivity contribution in [1.29, 1.82) is 0 Å². The minimum atomic E-state index is -3.84. The summed E-state index contributed by atoms with van der Waals surface area (Å²) in [5, 5.41) is 15.1. The number of methoxy groups -OCH3 is 1. The number of allylic oxidation sites excluding steroid dienone is 1. The van der Waals surface area contributed by atoms with Crippen LogP contribution in [0, 0.1) is 0 Å². The summed E-state index contributed by atoms with van der Waals surface area (Å²) in [5.41, 5.74) is 1.07. The van der Waals surface area contributed by atoms with Crippen LogP contribution in [0.25, 0.3) is 0 Å². The van der Waals surface area contributed by atoms with Gasteiger partial charge in [0.25, 0.3) is 0 Å². The average Bonchev–Trinajstić information content (AvgIpc) is 2.94. The van der Waals surface area contributed by atoms with Gasteiger partial charge in [-0.25, -0.2) is 13.2 Å². The summed E-state index contributed by atoms with van der Waals surface area (Å²) in [7, 11) is -2.31. The van der Waals surface area contributed by atoms with Crippen LogP contribution in [-0.4, -0.2) is 44.1 Å². The normalized spacial score (nSPS) is 24.9. The van der Waals surface area contributed by atoms with E-state index in [4.69, 9.17) is 16.3 Å². The van der Waals surface area contributed by atoms with Gasteiger partial charge in [0.2, 0.25) is 0 Å². The first-order valence-corrected chi connectivity index (χ1v) is 10.7. The first-order chi connectivity index (χ1) is 12.7. The highest BCUT2D eigenvalue weighted by atomic mass is 35.5. The molecule has 27 heavy (non-hydrogen) atoms. The van der Waals surface area contributed by atoms with Crippen molar-refractivity contribution >= 4 is 33.2 Å². The summed E-state index contributed by atoms with van der Waals surface area (Å²) in [6.07, 6.45) is 4.35. The fourth-order valence-electron chi connectivity index (χ4n) is 3.40. The number of phenolic OH excluding ortho intramolecular Hbond substituents is 1. The van der Waals surface area contributed by atoms with E-state index >= 15 is 0 Å². The van der Waals surface area contributed by atoms with Crippen LogP contribution in [0.15, 0.2) is 28.7 Å². The number of benzene rings is 1. The van der Waals surface area contributed by atoms with Gasteiger partial charge in [-0.05, 0) is 44.7 Å². The lowest BCUT2D eigenvalue weighted by molar-refractivity contribution is 0.0436. The number of phenols is 1. The lowest BCUT2D eigenvalue weighted by Gasteiger charge is -2.33. The molecule has 0 bridgehead atoms.